The van der Waals surface area contributed by atoms with Gasteiger partial charge in [0, 0.05) is 28.4 Å². The number of hydrogen-bond acceptors (Lipinski definition) is 3. The molecule has 0 saturated heterocycles. The van der Waals surface area contributed by atoms with Crippen molar-refractivity contribution < 1.29 is 0 Å². The van der Waals surface area contributed by atoms with E-state index >= 15 is 0 Å². The number of nitrogens with zero attached hydrogens (tertiary/aromatic N) is 2. The van der Waals surface area contributed by atoms with Crippen molar-refractivity contribution in [3.63, 3.8) is 0 Å². The zero-order chi connectivity index (χ0) is 24.8. The molecule has 1 aromatic carbocycles. The van der Waals surface area contributed by atoms with Crippen LogP contribution >= 0.6 is 11.3 Å². The fraction of sp³-hybridized carbons (Fsp3) is 0.562. The fourth-order valence-corrected chi connectivity index (χ4v) is 8.77. The van der Waals surface area contributed by atoms with Crippen molar-refractivity contribution in [3.8, 4) is 0 Å². The van der Waals surface area contributed by atoms with E-state index in [1.54, 1.807) is 16.7 Å². The van der Waals surface area contributed by atoms with Crippen molar-refractivity contribution in [1.29, 1.82) is 0 Å². The van der Waals surface area contributed by atoms with E-state index in [-0.39, 0.29) is 11.6 Å². The standard InChI is InChI=1S/C32H42N2S/c1-18(2)22-11-9-12-23-19(3)24-13-10-14-26-30(24)34(29(22)23)31(33(26)8)28-20(4)35-27-16-15-21(17-25(27)28)32(5,6)7/h9-11,13-16,18-19,21-23,29,31H,12,17H2,1-8H3. The minimum atomic E-state index is 0.279. The third kappa shape index (κ3) is 3.33. The van der Waals surface area contributed by atoms with Gasteiger partial charge in [0.15, 0.2) is 0 Å². The Labute approximate surface area is 216 Å². The number of fused-ring (bicyclic) bond motifs is 3. The number of allylic oxidation sites excluding steroid dienone is 2. The van der Waals surface area contributed by atoms with Gasteiger partial charge in [0.25, 0.3) is 0 Å². The van der Waals surface area contributed by atoms with Crippen molar-refractivity contribution in [1.82, 2.24) is 0 Å². The van der Waals surface area contributed by atoms with Crippen molar-refractivity contribution in [2.45, 2.75) is 79.4 Å². The Hall–Kier alpha value is -2.00. The van der Waals surface area contributed by atoms with E-state index in [1.807, 2.05) is 11.3 Å². The normalized spacial score (nSPS) is 31.1. The van der Waals surface area contributed by atoms with Crippen molar-refractivity contribution in [3.05, 3.63) is 62.9 Å². The van der Waals surface area contributed by atoms with E-state index < -0.39 is 0 Å². The number of rotatable bonds is 2. The summed E-state index contributed by atoms with van der Waals surface area (Å²) in [5, 5.41) is 0. The van der Waals surface area contributed by atoms with Crippen LogP contribution in [0.3, 0.4) is 0 Å². The van der Waals surface area contributed by atoms with Gasteiger partial charge >= 0.3 is 0 Å². The summed E-state index contributed by atoms with van der Waals surface area (Å²) < 4.78 is 0. The molecule has 2 nitrogen and oxygen atoms in total. The van der Waals surface area contributed by atoms with E-state index in [1.165, 1.54) is 27.5 Å². The molecule has 0 amide bonds. The maximum Gasteiger partial charge on any atom is 0.129 e. The number of para-hydroxylation sites is 1. The molecule has 0 radical (unpaired) electrons. The van der Waals surface area contributed by atoms with Crippen LogP contribution in [0, 0.1) is 36.0 Å². The monoisotopic (exact) mass is 486 g/mol. The van der Waals surface area contributed by atoms with Crippen LogP contribution in [0.4, 0.5) is 11.4 Å². The maximum absolute atomic E-state index is 2.91. The highest BCUT2D eigenvalue weighted by Crippen LogP contribution is 2.60. The Morgan fingerprint density at radius 3 is 2.60 bits per heavy atom. The predicted molar refractivity (Wildman–Crippen MR) is 153 cm³/mol. The van der Waals surface area contributed by atoms with E-state index in [9.17, 15) is 0 Å². The van der Waals surface area contributed by atoms with Crippen molar-refractivity contribution in [2.24, 2.45) is 29.1 Å². The number of thiophene rings is 1. The number of benzene rings is 1. The molecule has 2 aliphatic carbocycles. The highest BCUT2D eigenvalue weighted by atomic mass is 32.1. The Morgan fingerprint density at radius 2 is 1.89 bits per heavy atom. The number of anilines is 2. The minimum Gasteiger partial charge on any atom is -0.349 e. The molecule has 6 rings (SSSR count). The van der Waals surface area contributed by atoms with E-state index in [4.69, 9.17) is 0 Å². The molecule has 35 heavy (non-hydrogen) atoms. The second-order valence-electron chi connectivity index (χ2n) is 13.0. The Bertz CT molecular complexity index is 1210. The highest BCUT2D eigenvalue weighted by Gasteiger charge is 2.52. The summed E-state index contributed by atoms with van der Waals surface area (Å²) in [5.41, 5.74) is 8.00. The second-order valence-corrected chi connectivity index (χ2v) is 14.2. The maximum atomic E-state index is 2.91. The van der Waals surface area contributed by atoms with Gasteiger partial charge in [-0.05, 0) is 78.0 Å². The molecule has 3 heterocycles. The zero-order valence-corrected chi connectivity index (χ0v) is 23.6. The lowest BCUT2D eigenvalue weighted by Crippen LogP contribution is -2.54. The summed E-state index contributed by atoms with van der Waals surface area (Å²) in [5.74, 6) is 3.07. The molecule has 4 aliphatic rings. The lowest BCUT2D eigenvalue weighted by molar-refractivity contribution is 0.219. The summed E-state index contributed by atoms with van der Waals surface area (Å²) in [6.45, 7) is 16.9. The second kappa shape index (κ2) is 8.00. The molecule has 0 fully saturated rings. The molecule has 0 saturated carbocycles. The average molecular weight is 487 g/mol. The van der Waals surface area contributed by atoms with E-state index in [0.29, 0.717) is 35.6 Å². The first-order chi connectivity index (χ1) is 16.6. The molecule has 2 aliphatic heterocycles. The molecule has 0 bridgehead atoms. The third-order valence-corrected chi connectivity index (χ3v) is 10.8. The van der Waals surface area contributed by atoms with Gasteiger partial charge in [-0.1, -0.05) is 71.9 Å². The largest absolute Gasteiger partial charge is 0.349 e. The van der Waals surface area contributed by atoms with Crippen molar-refractivity contribution in [2.75, 3.05) is 16.8 Å². The quantitative estimate of drug-likeness (QED) is 0.392. The summed E-state index contributed by atoms with van der Waals surface area (Å²) in [7, 11) is 2.35. The molecular formula is C32H42N2S. The van der Waals surface area contributed by atoms with Crippen LogP contribution in [0.1, 0.15) is 86.5 Å². The molecule has 6 unspecified atom stereocenters. The van der Waals surface area contributed by atoms with E-state index in [0.717, 1.165) is 6.42 Å². The molecular weight excluding hydrogens is 444 g/mol. The van der Waals surface area contributed by atoms with Crippen LogP contribution in [0.2, 0.25) is 0 Å². The van der Waals surface area contributed by atoms with Gasteiger partial charge in [-0.25, -0.2) is 0 Å². The Morgan fingerprint density at radius 1 is 1.11 bits per heavy atom. The zero-order valence-electron chi connectivity index (χ0n) is 22.8. The van der Waals surface area contributed by atoms with Crippen LogP contribution in [0.5, 0.6) is 0 Å². The van der Waals surface area contributed by atoms with Gasteiger partial charge in [-0.3, -0.25) is 0 Å². The highest BCUT2D eigenvalue weighted by molar-refractivity contribution is 7.13. The van der Waals surface area contributed by atoms with Crippen molar-refractivity contribution >= 4 is 28.8 Å². The molecule has 0 spiro atoms. The summed E-state index contributed by atoms with van der Waals surface area (Å²) >= 11 is 2.01. The summed E-state index contributed by atoms with van der Waals surface area (Å²) in [4.78, 5) is 8.52. The van der Waals surface area contributed by atoms with Gasteiger partial charge in [0.05, 0.1) is 11.4 Å². The molecule has 0 N–H and O–H groups in total. The number of aryl methyl sites for hydroxylation is 1. The third-order valence-electron chi connectivity index (χ3n) is 9.68. The van der Waals surface area contributed by atoms with Crippen LogP contribution < -0.4 is 9.80 Å². The molecule has 6 atom stereocenters. The lowest BCUT2D eigenvalue weighted by atomic mass is 9.66. The van der Waals surface area contributed by atoms with Gasteiger partial charge in [-0.15, -0.1) is 11.3 Å². The van der Waals surface area contributed by atoms with Gasteiger partial charge in [-0.2, -0.15) is 0 Å². The minimum absolute atomic E-state index is 0.279. The number of hydrogen-bond donors (Lipinski definition) is 0. The summed E-state index contributed by atoms with van der Waals surface area (Å²) in [6, 6.07) is 7.63. The van der Waals surface area contributed by atoms with Crippen LogP contribution in [-0.2, 0) is 6.42 Å². The lowest BCUT2D eigenvalue weighted by Gasteiger charge is -2.52. The van der Waals surface area contributed by atoms with Crippen LogP contribution in [0.15, 0.2) is 36.4 Å². The summed E-state index contributed by atoms with van der Waals surface area (Å²) in [6.07, 6.45) is 12.6. The topological polar surface area (TPSA) is 6.48 Å². The predicted octanol–water partition coefficient (Wildman–Crippen LogP) is 8.58. The fourth-order valence-electron chi connectivity index (χ4n) is 7.63. The molecule has 1 aromatic heterocycles. The smallest absolute Gasteiger partial charge is 0.129 e. The molecule has 3 heteroatoms. The van der Waals surface area contributed by atoms with Crippen LogP contribution in [0.25, 0.3) is 6.08 Å². The first-order valence-corrected chi connectivity index (χ1v) is 14.5. The molecule has 186 valence electrons. The van der Waals surface area contributed by atoms with Gasteiger partial charge in [0.2, 0.25) is 0 Å². The van der Waals surface area contributed by atoms with Crippen LogP contribution in [-0.4, -0.2) is 13.1 Å². The van der Waals surface area contributed by atoms with E-state index in [2.05, 4.69) is 108 Å². The Balaban J connectivity index is 1.55. The first kappa shape index (κ1) is 23.4. The van der Waals surface area contributed by atoms with Gasteiger partial charge < -0.3 is 9.80 Å². The van der Waals surface area contributed by atoms with Gasteiger partial charge in [0.1, 0.15) is 6.17 Å². The average Bonchev–Trinajstić information content (AvgIpc) is 3.29. The Kier molecular flexibility index (Phi) is 5.35. The molecule has 2 aromatic rings. The SMILES string of the molecule is Cc1sc2c(c1C1N(C)c3cccc4c3N1C1C(C(C)C)C=CCC1C4C)CC(C(C)(C)C)C=C2. The first-order valence-electron chi connectivity index (χ1n) is 13.7.